The van der Waals surface area contributed by atoms with Crippen LogP contribution in [-0.4, -0.2) is 21.4 Å². The second-order valence-corrected chi connectivity index (χ2v) is 3.77. The highest BCUT2D eigenvalue weighted by atomic mass is 16.1. The normalized spacial score (nSPS) is 12.5. The van der Waals surface area contributed by atoms with E-state index in [2.05, 4.69) is 25.7 Å². The molecule has 6 nitrogen and oxygen atoms in total. The average molecular weight is 243 g/mol. The zero-order valence-corrected chi connectivity index (χ0v) is 9.87. The van der Waals surface area contributed by atoms with Crippen molar-refractivity contribution in [3.8, 4) is 0 Å². The molecule has 18 heavy (non-hydrogen) atoms. The Morgan fingerprint density at radius 1 is 1.39 bits per heavy atom. The molecule has 0 spiro atoms. The lowest BCUT2D eigenvalue weighted by atomic mass is 10.0. The number of anilines is 1. The molecule has 2 rings (SSSR count). The lowest BCUT2D eigenvalue weighted by Crippen LogP contribution is -2.10. The van der Waals surface area contributed by atoms with Crippen LogP contribution in [0.25, 0.3) is 0 Å². The lowest BCUT2D eigenvalue weighted by Gasteiger charge is -2.05. The van der Waals surface area contributed by atoms with Gasteiger partial charge in [-0.2, -0.15) is 5.10 Å². The van der Waals surface area contributed by atoms with Crippen molar-refractivity contribution in [1.82, 2.24) is 15.2 Å². The van der Waals surface area contributed by atoms with E-state index in [-0.39, 0.29) is 17.4 Å². The fraction of sp³-hybridized carbons (Fsp3) is 0.167. The van der Waals surface area contributed by atoms with Crippen molar-refractivity contribution in [3.63, 3.8) is 0 Å². The van der Waals surface area contributed by atoms with Crippen LogP contribution >= 0.6 is 0 Å². The molecule has 1 heterocycles. The summed E-state index contributed by atoms with van der Waals surface area (Å²) in [5.41, 5.74) is 3.47. The molecule has 1 atom stereocenters. The topological polar surface area (TPSA) is 83.0 Å². The Morgan fingerprint density at radius 2 is 2.17 bits per heavy atom. The van der Waals surface area contributed by atoms with E-state index in [9.17, 15) is 4.79 Å². The molecule has 0 saturated carbocycles. The minimum atomic E-state index is -0.321. The first kappa shape index (κ1) is 12.0. The maximum atomic E-state index is 11.0. The van der Waals surface area contributed by atoms with Gasteiger partial charge in [-0.15, -0.1) is 10.2 Å². The van der Waals surface area contributed by atoms with Crippen LogP contribution in [0.1, 0.15) is 18.4 Å². The molecule has 0 saturated heterocycles. The van der Waals surface area contributed by atoms with Crippen LogP contribution < -0.4 is 11.0 Å². The van der Waals surface area contributed by atoms with Gasteiger partial charge < -0.3 is 0 Å². The van der Waals surface area contributed by atoms with E-state index in [1.807, 2.05) is 37.3 Å². The number of aromatic amines is 1. The molecule has 0 aliphatic rings. The van der Waals surface area contributed by atoms with Crippen molar-refractivity contribution in [2.45, 2.75) is 12.8 Å². The number of nitrogens with one attached hydrogen (secondary N) is 2. The summed E-state index contributed by atoms with van der Waals surface area (Å²) in [5, 5.41) is 11.2. The van der Waals surface area contributed by atoms with E-state index in [1.165, 1.54) is 0 Å². The second-order valence-electron chi connectivity index (χ2n) is 3.77. The Hall–Kier alpha value is -2.50. The standard InChI is InChI=1S/C12H13N5O/c1-9(10-5-3-2-4-6-10)7-13-16-12-15-11(18)8-14-17-12/h2-9H,1H3,(H2,15,16,17,18)/b13-7-/t9-/m0/s1. The molecular formula is C12H13N5O. The number of nitrogens with zero attached hydrogens (tertiary/aromatic N) is 3. The van der Waals surface area contributed by atoms with Gasteiger partial charge in [-0.1, -0.05) is 37.3 Å². The van der Waals surface area contributed by atoms with Crippen molar-refractivity contribution < 1.29 is 0 Å². The zero-order valence-electron chi connectivity index (χ0n) is 9.87. The molecule has 2 aromatic rings. The van der Waals surface area contributed by atoms with Crippen molar-refractivity contribution in [3.05, 3.63) is 52.4 Å². The monoisotopic (exact) mass is 243 g/mol. The van der Waals surface area contributed by atoms with Gasteiger partial charge in [0.25, 0.3) is 5.56 Å². The lowest BCUT2D eigenvalue weighted by molar-refractivity contribution is 0.935. The molecule has 0 amide bonds. The summed E-state index contributed by atoms with van der Waals surface area (Å²) in [4.78, 5) is 13.4. The van der Waals surface area contributed by atoms with Crippen LogP contribution in [0.2, 0.25) is 0 Å². The van der Waals surface area contributed by atoms with E-state index in [1.54, 1.807) is 6.21 Å². The third-order valence-corrected chi connectivity index (χ3v) is 2.37. The van der Waals surface area contributed by atoms with E-state index in [0.717, 1.165) is 11.8 Å². The summed E-state index contributed by atoms with van der Waals surface area (Å²) in [6.45, 7) is 2.03. The van der Waals surface area contributed by atoms with Gasteiger partial charge in [0.15, 0.2) is 0 Å². The molecule has 1 aromatic carbocycles. The number of hydrogen-bond acceptors (Lipinski definition) is 5. The van der Waals surface area contributed by atoms with Crippen molar-refractivity contribution in [2.75, 3.05) is 5.43 Å². The summed E-state index contributed by atoms with van der Waals surface area (Å²) in [6, 6.07) is 9.98. The maximum Gasteiger partial charge on any atom is 0.271 e. The van der Waals surface area contributed by atoms with Crippen LogP contribution in [0.3, 0.4) is 0 Å². The molecule has 2 N–H and O–H groups in total. The van der Waals surface area contributed by atoms with Crippen LogP contribution in [0, 0.1) is 0 Å². The largest absolute Gasteiger partial charge is 0.289 e. The molecule has 6 heteroatoms. The Morgan fingerprint density at radius 3 is 2.89 bits per heavy atom. The van der Waals surface area contributed by atoms with E-state index in [4.69, 9.17) is 0 Å². The summed E-state index contributed by atoms with van der Waals surface area (Å²) in [7, 11) is 0. The Balaban J connectivity index is 1.98. The van der Waals surface area contributed by atoms with E-state index >= 15 is 0 Å². The van der Waals surface area contributed by atoms with Crippen molar-refractivity contribution in [1.29, 1.82) is 0 Å². The first-order chi connectivity index (χ1) is 8.75. The van der Waals surface area contributed by atoms with E-state index < -0.39 is 0 Å². The minimum Gasteiger partial charge on any atom is -0.289 e. The molecule has 0 bridgehead atoms. The molecule has 0 radical (unpaired) electrons. The van der Waals surface area contributed by atoms with Gasteiger partial charge in [0, 0.05) is 12.1 Å². The highest BCUT2D eigenvalue weighted by Gasteiger charge is 2.00. The molecule has 0 unspecified atom stereocenters. The highest BCUT2D eigenvalue weighted by molar-refractivity contribution is 5.67. The predicted octanol–water partition coefficient (Wildman–Crippen LogP) is 1.37. The third kappa shape index (κ3) is 3.24. The molecule has 92 valence electrons. The number of rotatable bonds is 4. The van der Waals surface area contributed by atoms with Crippen LogP contribution in [0.4, 0.5) is 5.95 Å². The zero-order chi connectivity index (χ0) is 12.8. The fourth-order valence-corrected chi connectivity index (χ4v) is 1.42. The summed E-state index contributed by atoms with van der Waals surface area (Å²) >= 11 is 0. The molecular weight excluding hydrogens is 230 g/mol. The Kier molecular flexibility index (Phi) is 3.80. The van der Waals surface area contributed by atoms with E-state index in [0.29, 0.717) is 0 Å². The SMILES string of the molecule is C[C@@H](/C=N\Nc1nncc(=O)[nH]1)c1ccccc1. The molecule has 0 fully saturated rings. The van der Waals surface area contributed by atoms with Crippen molar-refractivity contribution >= 4 is 12.2 Å². The minimum absolute atomic E-state index is 0.169. The van der Waals surface area contributed by atoms with Gasteiger partial charge in [-0.05, 0) is 5.56 Å². The first-order valence-corrected chi connectivity index (χ1v) is 5.52. The summed E-state index contributed by atoms with van der Waals surface area (Å²) in [6.07, 6.45) is 2.84. The van der Waals surface area contributed by atoms with Gasteiger partial charge in [-0.25, -0.2) is 5.43 Å². The van der Waals surface area contributed by atoms with Crippen molar-refractivity contribution in [2.24, 2.45) is 5.10 Å². The number of aromatic nitrogens is 3. The molecule has 0 aliphatic carbocycles. The van der Waals surface area contributed by atoms with Gasteiger partial charge in [0.05, 0.1) is 0 Å². The highest BCUT2D eigenvalue weighted by Crippen LogP contribution is 2.11. The van der Waals surface area contributed by atoms with Crippen LogP contribution in [0.15, 0.2) is 46.4 Å². The van der Waals surface area contributed by atoms with Gasteiger partial charge >= 0.3 is 0 Å². The molecule has 0 aliphatic heterocycles. The summed E-state index contributed by atoms with van der Waals surface area (Å²) < 4.78 is 0. The summed E-state index contributed by atoms with van der Waals surface area (Å²) in [5.74, 6) is 0.390. The Labute approximate surface area is 104 Å². The number of H-pyrrole nitrogens is 1. The first-order valence-electron chi connectivity index (χ1n) is 5.52. The average Bonchev–Trinajstić information content (AvgIpc) is 2.40. The fourth-order valence-electron chi connectivity index (χ4n) is 1.42. The predicted molar refractivity (Wildman–Crippen MR) is 69.6 cm³/mol. The number of hydrogen-bond donors (Lipinski definition) is 2. The van der Waals surface area contributed by atoms with Crippen LogP contribution in [0.5, 0.6) is 0 Å². The Bertz CT molecular complexity index is 578. The third-order valence-electron chi connectivity index (χ3n) is 2.37. The quantitative estimate of drug-likeness (QED) is 0.627. The van der Waals surface area contributed by atoms with Crippen LogP contribution in [-0.2, 0) is 0 Å². The maximum absolute atomic E-state index is 11.0. The number of benzene rings is 1. The molecule has 1 aromatic heterocycles. The van der Waals surface area contributed by atoms with Gasteiger partial charge in [0.1, 0.15) is 6.20 Å². The smallest absolute Gasteiger partial charge is 0.271 e. The second kappa shape index (κ2) is 5.72. The number of hydrazone groups is 1. The van der Waals surface area contributed by atoms with Gasteiger partial charge in [0.2, 0.25) is 5.95 Å². The van der Waals surface area contributed by atoms with Gasteiger partial charge in [-0.3, -0.25) is 9.78 Å².